The van der Waals surface area contributed by atoms with Crippen molar-refractivity contribution in [2.24, 2.45) is 0 Å². The molecule has 0 radical (unpaired) electrons. The Morgan fingerprint density at radius 1 is 1.42 bits per heavy atom. The SMILES string of the molecule is OCCn1ncc2c1CCCC2NC1CCCSC1. The third kappa shape index (κ3) is 2.98. The molecule has 1 fully saturated rings. The predicted molar refractivity (Wildman–Crippen MR) is 78.5 cm³/mol. The summed E-state index contributed by atoms with van der Waals surface area (Å²) in [6, 6.07) is 1.13. The van der Waals surface area contributed by atoms with E-state index in [1.165, 1.54) is 48.4 Å². The lowest BCUT2D eigenvalue weighted by atomic mass is 9.92. The second kappa shape index (κ2) is 6.29. The number of aliphatic hydroxyl groups excluding tert-OH is 1. The molecule has 0 aromatic carbocycles. The van der Waals surface area contributed by atoms with Gasteiger partial charge in [-0.05, 0) is 37.9 Å². The van der Waals surface area contributed by atoms with Gasteiger partial charge in [-0.15, -0.1) is 0 Å². The minimum Gasteiger partial charge on any atom is -0.394 e. The molecule has 1 aromatic rings. The zero-order valence-corrected chi connectivity index (χ0v) is 12.2. The minimum absolute atomic E-state index is 0.172. The van der Waals surface area contributed by atoms with E-state index in [2.05, 4.69) is 22.2 Å². The van der Waals surface area contributed by atoms with E-state index in [4.69, 9.17) is 5.11 Å². The minimum atomic E-state index is 0.172. The maximum atomic E-state index is 9.09. The van der Waals surface area contributed by atoms with Crippen LogP contribution in [0.2, 0.25) is 0 Å². The molecule has 0 amide bonds. The molecule has 1 aromatic heterocycles. The first-order chi connectivity index (χ1) is 9.38. The number of thioether (sulfide) groups is 1. The summed E-state index contributed by atoms with van der Waals surface area (Å²) in [5.74, 6) is 2.57. The maximum Gasteiger partial charge on any atom is 0.0644 e. The highest BCUT2D eigenvalue weighted by Crippen LogP contribution is 2.31. The topological polar surface area (TPSA) is 50.1 Å². The van der Waals surface area contributed by atoms with Gasteiger partial charge in [-0.25, -0.2) is 0 Å². The fourth-order valence-electron chi connectivity index (χ4n) is 3.24. The fourth-order valence-corrected chi connectivity index (χ4v) is 4.32. The Labute approximate surface area is 119 Å². The Kier molecular flexibility index (Phi) is 4.45. The number of rotatable bonds is 4. The van der Waals surface area contributed by atoms with Crippen molar-refractivity contribution in [3.63, 3.8) is 0 Å². The second-order valence-electron chi connectivity index (χ2n) is 5.52. The highest BCUT2D eigenvalue weighted by molar-refractivity contribution is 7.99. The van der Waals surface area contributed by atoms with Crippen molar-refractivity contribution in [1.29, 1.82) is 0 Å². The number of nitrogens with zero attached hydrogens (tertiary/aromatic N) is 2. The number of hydrogen-bond donors (Lipinski definition) is 2. The van der Waals surface area contributed by atoms with Gasteiger partial charge in [-0.1, -0.05) is 0 Å². The first-order valence-electron chi connectivity index (χ1n) is 7.37. The van der Waals surface area contributed by atoms with Crippen LogP contribution < -0.4 is 5.32 Å². The lowest BCUT2D eigenvalue weighted by Gasteiger charge is -2.30. The van der Waals surface area contributed by atoms with Crippen LogP contribution in [0.1, 0.15) is 43.0 Å². The molecular formula is C14H23N3OS. The van der Waals surface area contributed by atoms with Crippen LogP contribution in [0.4, 0.5) is 0 Å². The average molecular weight is 281 g/mol. The molecule has 4 nitrogen and oxygen atoms in total. The van der Waals surface area contributed by atoms with Crippen LogP contribution >= 0.6 is 11.8 Å². The van der Waals surface area contributed by atoms with Crippen LogP contribution in [0.5, 0.6) is 0 Å². The van der Waals surface area contributed by atoms with Crippen molar-refractivity contribution in [2.75, 3.05) is 18.1 Å². The van der Waals surface area contributed by atoms with Crippen LogP contribution in [0.25, 0.3) is 0 Å². The average Bonchev–Trinajstić information content (AvgIpc) is 2.85. The first-order valence-corrected chi connectivity index (χ1v) is 8.53. The van der Waals surface area contributed by atoms with Crippen LogP contribution in [-0.4, -0.2) is 39.0 Å². The van der Waals surface area contributed by atoms with E-state index in [1.54, 1.807) is 0 Å². The van der Waals surface area contributed by atoms with Crippen LogP contribution in [0.15, 0.2) is 6.20 Å². The Balaban J connectivity index is 1.71. The van der Waals surface area contributed by atoms with Gasteiger partial charge in [0.25, 0.3) is 0 Å². The van der Waals surface area contributed by atoms with E-state index in [0.717, 1.165) is 6.42 Å². The summed E-state index contributed by atoms with van der Waals surface area (Å²) >= 11 is 2.07. The number of nitrogens with one attached hydrogen (secondary N) is 1. The Hall–Kier alpha value is -0.520. The highest BCUT2D eigenvalue weighted by Gasteiger charge is 2.26. The molecule has 2 heterocycles. The molecule has 2 atom stereocenters. The summed E-state index contributed by atoms with van der Waals surface area (Å²) in [5.41, 5.74) is 2.71. The molecule has 0 spiro atoms. The standard InChI is InChI=1S/C14H23N3OS/c18-7-6-17-14-5-1-4-13(12(14)9-15-17)16-11-3-2-8-19-10-11/h9,11,13,16,18H,1-8,10H2. The molecule has 106 valence electrons. The van der Waals surface area contributed by atoms with E-state index in [1.807, 2.05) is 10.9 Å². The van der Waals surface area contributed by atoms with Crippen LogP contribution in [0.3, 0.4) is 0 Å². The summed E-state index contributed by atoms with van der Waals surface area (Å²) in [4.78, 5) is 0. The quantitative estimate of drug-likeness (QED) is 0.882. The normalized spacial score (nSPS) is 27.2. The molecule has 0 saturated carbocycles. The van der Waals surface area contributed by atoms with Gasteiger partial charge in [-0.2, -0.15) is 16.9 Å². The van der Waals surface area contributed by atoms with Gasteiger partial charge in [-0.3, -0.25) is 4.68 Å². The summed E-state index contributed by atoms with van der Waals surface area (Å²) in [7, 11) is 0. The summed E-state index contributed by atoms with van der Waals surface area (Å²) in [5, 5.41) is 17.4. The first kappa shape index (κ1) is 13.5. The molecule has 0 bridgehead atoms. The van der Waals surface area contributed by atoms with Crippen molar-refractivity contribution < 1.29 is 5.11 Å². The smallest absolute Gasteiger partial charge is 0.0644 e. The molecule has 2 unspecified atom stereocenters. The molecule has 3 rings (SSSR count). The van der Waals surface area contributed by atoms with Crippen molar-refractivity contribution in [1.82, 2.24) is 15.1 Å². The molecule has 2 N–H and O–H groups in total. The Morgan fingerprint density at radius 2 is 2.37 bits per heavy atom. The number of aromatic nitrogens is 2. The van der Waals surface area contributed by atoms with Crippen molar-refractivity contribution in [3.05, 3.63) is 17.5 Å². The van der Waals surface area contributed by atoms with Gasteiger partial charge in [0, 0.05) is 29.1 Å². The molecule has 1 aliphatic heterocycles. The van der Waals surface area contributed by atoms with Gasteiger partial charge >= 0.3 is 0 Å². The fraction of sp³-hybridized carbons (Fsp3) is 0.786. The van der Waals surface area contributed by atoms with E-state index < -0.39 is 0 Å². The Bertz CT molecular complexity index is 415. The van der Waals surface area contributed by atoms with Gasteiger partial charge in [0.05, 0.1) is 19.3 Å². The largest absolute Gasteiger partial charge is 0.394 e. The number of hydrogen-bond acceptors (Lipinski definition) is 4. The van der Waals surface area contributed by atoms with Crippen LogP contribution in [-0.2, 0) is 13.0 Å². The number of aliphatic hydroxyl groups is 1. The van der Waals surface area contributed by atoms with Crippen LogP contribution in [0, 0.1) is 0 Å². The van der Waals surface area contributed by atoms with E-state index in [-0.39, 0.29) is 6.61 Å². The van der Waals surface area contributed by atoms with E-state index >= 15 is 0 Å². The van der Waals surface area contributed by atoms with E-state index in [9.17, 15) is 0 Å². The van der Waals surface area contributed by atoms with Gasteiger partial charge in [0.15, 0.2) is 0 Å². The predicted octanol–water partition coefficient (Wildman–Crippen LogP) is 1.74. The third-order valence-electron chi connectivity index (χ3n) is 4.17. The zero-order chi connectivity index (χ0) is 13.1. The highest BCUT2D eigenvalue weighted by atomic mass is 32.2. The Morgan fingerprint density at radius 3 is 3.16 bits per heavy atom. The van der Waals surface area contributed by atoms with Gasteiger partial charge in [0.2, 0.25) is 0 Å². The molecule has 5 heteroatoms. The summed E-state index contributed by atoms with van der Waals surface area (Å²) < 4.78 is 1.98. The molecule has 2 aliphatic rings. The lowest BCUT2D eigenvalue weighted by molar-refractivity contribution is 0.266. The zero-order valence-electron chi connectivity index (χ0n) is 11.3. The third-order valence-corrected chi connectivity index (χ3v) is 5.39. The lowest BCUT2D eigenvalue weighted by Crippen LogP contribution is -2.38. The summed E-state index contributed by atoms with van der Waals surface area (Å²) in [6.07, 6.45) is 8.21. The van der Waals surface area contributed by atoms with Crippen molar-refractivity contribution >= 4 is 11.8 Å². The molecule has 19 heavy (non-hydrogen) atoms. The molecule has 1 saturated heterocycles. The van der Waals surface area contributed by atoms with Crippen molar-refractivity contribution in [3.8, 4) is 0 Å². The second-order valence-corrected chi connectivity index (χ2v) is 6.67. The van der Waals surface area contributed by atoms with Gasteiger partial charge < -0.3 is 10.4 Å². The maximum absolute atomic E-state index is 9.09. The number of fused-ring (bicyclic) bond motifs is 1. The van der Waals surface area contributed by atoms with Crippen molar-refractivity contribution in [2.45, 2.75) is 50.7 Å². The molecule has 1 aliphatic carbocycles. The van der Waals surface area contributed by atoms with E-state index in [0.29, 0.717) is 18.6 Å². The van der Waals surface area contributed by atoms with Gasteiger partial charge in [0.1, 0.15) is 0 Å². The summed E-state index contributed by atoms with van der Waals surface area (Å²) in [6.45, 7) is 0.798. The monoisotopic (exact) mass is 281 g/mol. The molecular weight excluding hydrogens is 258 g/mol.